The number of benzene rings is 2. The van der Waals surface area contributed by atoms with E-state index in [0.29, 0.717) is 11.4 Å². The molecule has 140 valence electrons. The molecule has 0 N–H and O–H groups in total. The van der Waals surface area contributed by atoms with Crippen molar-refractivity contribution in [3.63, 3.8) is 0 Å². The van der Waals surface area contributed by atoms with Gasteiger partial charge in [-0.25, -0.2) is 9.68 Å². The standard InChI is InChI=1S/C21H27NO4/c1-20(2)21(3,4)26-22(25-20)17-14-18(23-5)16(13-19(17)24-6)12-15-10-8-7-9-11-15/h7-11,13-14H,12H2,1-6H3. The minimum absolute atomic E-state index is 0.478. The van der Waals surface area contributed by atoms with Crippen LogP contribution >= 0.6 is 0 Å². The molecule has 0 spiro atoms. The van der Waals surface area contributed by atoms with Crippen LogP contribution in [-0.2, 0) is 16.1 Å². The van der Waals surface area contributed by atoms with E-state index in [9.17, 15) is 0 Å². The molecule has 2 aromatic carbocycles. The Morgan fingerprint density at radius 3 is 1.96 bits per heavy atom. The van der Waals surface area contributed by atoms with E-state index in [1.807, 2.05) is 58.0 Å². The molecular weight excluding hydrogens is 330 g/mol. The van der Waals surface area contributed by atoms with E-state index in [1.54, 1.807) is 14.2 Å². The molecule has 0 saturated carbocycles. The average Bonchev–Trinajstić information content (AvgIpc) is 2.83. The van der Waals surface area contributed by atoms with Crippen LogP contribution in [0.5, 0.6) is 11.5 Å². The zero-order chi connectivity index (χ0) is 18.9. The summed E-state index contributed by atoms with van der Waals surface area (Å²) in [7, 11) is 3.31. The fourth-order valence-electron chi connectivity index (χ4n) is 2.79. The highest BCUT2D eigenvalue weighted by molar-refractivity contribution is 5.62. The first-order chi connectivity index (χ1) is 12.3. The Bertz CT molecular complexity index is 755. The lowest BCUT2D eigenvalue weighted by molar-refractivity contribution is -0.0282. The van der Waals surface area contributed by atoms with Gasteiger partial charge in [-0.15, -0.1) is 5.23 Å². The van der Waals surface area contributed by atoms with Gasteiger partial charge in [0.15, 0.2) is 0 Å². The Morgan fingerprint density at radius 2 is 1.42 bits per heavy atom. The Labute approximate surface area is 155 Å². The predicted octanol–water partition coefficient (Wildman–Crippen LogP) is 4.54. The monoisotopic (exact) mass is 357 g/mol. The highest BCUT2D eigenvalue weighted by Crippen LogP contribution is 2.44. The van der Waals surface area contributed by atoms with E-state index in [4.69, 9.17) is 19.1 Å². The minimum atomic E-state index is -0.478. The molecule has 0 aromatic heterocycles. The van der Waals surface area contributed by atoms with Gasteiger partial charge in [0.1, 0.15) is 28.4 Å². The fourth-order valence-corrected chi connectivity index (χ4v) is 2.79. The van der Waals surface area contributed by atoms with Crippen molar-refractivity contribution >= 4 is 5.69 Å². The number of methoxy groups -OCH3 is 2. The lowest BCUT2D eigenvalue weighted by Crippen LogP contribution is -2.41. The SMILES string of the molecule is COc1cc(N2OC(C)(C)C(C)(C)O2)c(OC)cc1Cc1ccccc1. The molecule has 0 atom stereocenters. The molecular formula is C21H27NO4. The molecule has 0 aliphatic carbocycles. The lowest BCUT2D eigenvalue weighted by atomic mass is 9.90. The Hall–Kier alpha value is -2.24. The van der Waals surface area contributed by atoms with Crippen LogP contribution in [0.25, 0.3) is 0 Å². The van der Waals surface area contributed by atoms with Crippen molar-refractivity contribution in [3.05, 3.63) is 53.6 Å². The van der Waals surface area contributed by atoms with Crippen molar-refractivity contribution in [2.45, 2.75) is 45.3 Å². The predicted molar refractivity (Wildman–Crippen MR) is 102 cm³/mol. The van der Waals surface area contributed by atoms with Crippen molar-refractivity contribution in [1.82, 2.24) is 0 Å². The molecule has 26 heavy (non-hydrogen) atoms. The van der Waals surface area contributed by atoms with Crippen LogP contribution in [0.4, 0.5) is 5.69 Å². The fraction of sp³-hybridized carbons (Fsp3) is 0.429. The molecule has 1 fully saturated rings. The van der Waals surface area contributed by atoms with Crippen LogP contribution < -0.4 is 14.7 Å². The Balaban J connectivity index is 1.98. The number of hydrogen-bond acceptors (Lipinski definition) is 5. The Kier molecular flexibility index (Phi) is 4.86. The van der Waals surface area contributed by atoms with Gasteiger partial charge in [0, 0.05) is 18.1 Å². The smallest absolute Gasteiger partial charge is 0.147 e. The van der Waals surface area contributed by atoms with Crippen LogP contribution in [0.1, 0.15) is 38.8 Å². The molecule has 0 amide bonds. The van der Waals surface area contributed by atoms with Gasteiger partial charge in [0.2, 0.25) is 0 Å². The first-order valence-corrected chi connectivity index (χ1v) is 8.74. The number of nitrogens with zero attached hydrogens (tertiary/aromatic N) is 1. The summed E-state index contributed by atoms with van der Waals surface area (Å²) in [5.41, 5.74) is 1.97. The number of hydrogen-bond donors (Lipinski definition) is 0. The molecule has 3 rings (SSSR count). The quantitative estimate of drug-likeness (QED) is 0.786. The molecule has 2 aromatic rings. The van der Waals surface area contributed by atoms with E-state index in [-0.39, 0.29) is 0 Å². The van der Waals surface area contributed by atoms with Gasteiger partial charge in [-0.2, -0.15) is 0 Å². The van der Waals surface area contributed by atoms with Crippen LogP contribution in [0.3, 0.4) is 0 Å². The molecule has 5 heteroatoms. The van der Waals surface area contributed by atoms with Crippen LogP contribution in [0.15, 0.2) is 42.5 Å². The van der Waals surface area contributed by atoms with Crippen molar-refractivity contribution in [2.24, 2.45) is 0 Å². The van der Waals surface area contributed by atoms with E-state index in [0.717, 1.165) is 17.7 Å². The van der Waals surface area contributed by atoms with Crippen molar-refractivity contribution in [1.29, 1.82) is 0 Å². The lowest BCUT2D eigenvalue weighted by Gasteiger charge is -2.26. The van der Waals surface area contributed by atoms with Crippen LogP contribution in [0, 0.1) is 0 Å². The number of ether oxygens (including phenoxy) is 2. The summed E-state index contributed by atoms with van der Waals surface area (Å²) >= 11 is 0. The van der Waals surface area contributed by atoms with E-state index >= 15 is 0 Å². The third-order valence-electron chi connectivity index (χ3n) is 5.09. The normalized spacial score (nSPS) is 18.0. The maximum atomic E-state index is 6.03. The van der Waals surface area contributed by atoms with Crippen molar-refractivity contribution < 1.29 is 19.1 Å². The van der Waals surface area contributed by atoms with E-state index in [2.05, 4.69) is 12.1 Å². The van der Waals surface area contributed by atoms with Gasteiger partial charge in [-0.3, -0.25) is 0 Å². The second-order valence-electron chi connectivity index (χ2n) is 7.46. The summed E-state index contributed by atoms with van der Waals surface area (Å²) in [6, 6.07) is 14.1. The summed E-state index contributed by atoms with van der Waals surface area (Å²) in [6.45, 7) is 8.00. The summed E-state index contributed by atoms with van der Waals surface area (Å²) in [4.78, 5) is 12.1. The topological polar surface area (TPSA) is 40.2 Å². The molecule has 1 saturated heterocycles. The molecule has 0 bridgehead atoms. The summed E-state index contributed by atoms with van der Waals surface area (Å²) < 4.78 is 11.2. The highest BCUT2D eigenvalue weighted by atomic mass is 17.0. The van der Waals surface area contributed by atoms with Gasteiger partial charge >= 0.3 is 0 Å². The molecule has 1 aliphatic rings. The van der Waals surface area contributed by atoms with E-state index in [1.165, 1.54) is 10.8 Å². The molecule has 5 nitrogen and oxygen atoms in total. The summed E-state index contributed by atoms with van der Waals surface area (Å²) in [5.74, 6) is 1.43. The van der Waals surface area contributed by atoms with Gasteiger partial charge in [0.05, 0.1) is 14.2 Å². The van der Waals surface area contributed by atoms with Gasteiger partial charge in [0.25, 0.3) is 0 Å². The largest absolute Gasteiger partial charge is 0.496 e. The van der Waals surface area contributed by atoms with Gasteiger partial charge < -0.3 is 9.47 Å². The second-order valence-corrected chi connectivity index (χ2v) is 7.46. The maximum absolute atomic E-state index is 6.03. The van der Waals surface area contributed by atoms with E-state index < -0.39 is 11.2 Å². The molecule has 1 aliphatic heterocycles. The second kappa shape index (κ2) is 6.82. The molecule has 1 heterocycles. The summed E-state index contributed by atoms with van der Waals surface area (Å²) in [6.07, 6.45) is 0.749. The maximum Gasteiger partial charge on any atom is 0.147 e. The third-order valence-corrected chi connectivity index (χ3v) is 5.09. The minimum Gasteiger partial charge on any atom is -0.496 e. The van der Waals surface area contributed by atoms with Crippen molar-refractivity contribution in [3.8, 4) is 11.5 Å². The number of anilines is 1. The van der Waals surface area contributed by atoms with Crippen molar-refractivity contribution in [2.75, 3.05) is 19.4 Å². The molecule has 0 radical (unpaired) electrons. The van der Waals surface area contributed by atoms with Crippen LogP contribution in [0.2, 0.25) is 0 Å². The average molecular weight is 357 g/mol. The van der Waals surface area contributed by atoms with Gasteiger partial charge in [-0.1, -0.05) is 30.3 Å². The first-order valence-electron chi connectivity index (χ1n) is 8.74. The van der Waals surface area contributed by atoms with Gasteiger partial charge in [-0.05, 0) is 39.3 Å². The third kappa shape index (κ3) is 3.37. The van der Waals surface area contributed by atoms with Crippen LogP contribution in [-0.4, -0.2) is 25.4 Å². The zero-order valence-electron chi connectivity index (χ0n) is 16.3. The number of rotatable bonds is 5. The first kappa shape index (κ1) is 18.5. The summed E-state index contributed by atoms with van der Waals surface area (Å²) in [5, 5.41) is 1.44. The zero-order valence-corrected chi connectivity index (χ0v) is 16.3. The Morgan fingerprint density at radius 1 is 0.846 bits per heavy atom. The highest BCUT2D eigenvalue weighted by Gasteiger charge is 2.50. The molecule has 0 unspecified atom stereocenters.